The molecule has 3 heteroatoms. The van der Waals surface area contributed by atoms with E-state index in [1.54, 1.807) is 0 Å². The fourth-order valence-electron chi connectivity index (χ4n) is 1.64. The van der Waals surface area contributed by atoms with Crippen molar-refractivity contribution < 1.29 is 4.79 Å². The van der Waals surface area contributed by atoms with Crippen molar-refractivity contribution >= 4 is 17.3 Å². The molecule has 2 N–H and O–H groups in total. The maximum Gasteiger partial charge on any atom is 0.221 e. The highest BCUT2D eigenvalue weighted by Gasteiger charge is 2.00. The number of anilines is 2. The molecule has 1 amide bonds. The predicted octanol–water partition coefficient (Wildman–Crippen LogP) is 3.25. The maximum absolute atomic E-state index is 10.8. The van der Waals surface area contributed by atoms with Gasteiger partial charge < -0.3 is 10.6 Å². The summed E-state index contributed by atoms with van der Waals surface area (Å²) in [5, 5.41) is 6.15. The molecule has 1 rings (SSSR count). The van der Waals surface area contributed by atoms with E-state index in [0.29, 0.717) is 6.04 Å². The average Bonchev–Trinajstić information content (AvgIpc) is 2.20. The summed E-state index contributed by atoms with van der Waals surface area (Å²) in [6, 6.07) is 8.26. The molecule has 1 atom stereocenters. The summed E-state index contributed by atoms with van der Waals surface area (Å²) >= 11 is 0. The summed E-state index contributed by atoms with van der Waals surface area (Å²) in [4.78, 5) is 10.8. The number of carbonyl (C=O) groups is 1. The molecule has 1 aromatic carbocycles. The second kappa shape index (κ2) is 6.16. The monoisotopic (exact) mass is 220 g/mol. The molecule has 0 bridgehead atoms. The van der Waals surface area contributed by atoms with Crippen LogP contribution in [-0.4, -0.2) is 11.9 Å². The third kappa shape index (κ3) is 4.34. The maximum atomic E-state index is 10.8. The highest BCUT2D eigenvalue weighted by molar-refractivity contribution is 5.88. The van der Waals surface area contributed by atoms with Crippen molar-refractivity contribution in [2.75, 3.05) is 10.6 Å². The lowest BCUT2D eigenvalue weighted by Gasteiger charge is -2.14. The van der Waals surface area contributed by atoms with Crippen LogP contribution in [0, 0.1) is 0 Å². The zero-order chi connectivity index (χ0) is 12.0. The Kier molecular flexibility index (Phi) is 4.83. The second-order valence-corrected chi connectivity index (χ2v) is 4.09. The quantitative estimate of drug-likeness (QED) is 0.799. The Morgan fingerprint density at radius 2 is 1.81 bits per heavy atom. The van der Waals surface area contributed by atoms with Gasteiger partial charge in [-0.25, -0.2) is 0 Å². The van der Waals surface area contributed by atoms with Crippen molar-refractivity contribution in [3.63, 3.8) is 0 Å². The molecule has 0 fully saturated rings. The third-order valence-corrected chi connectivity index (χ3v) is 2.34. The van der Waals surface area contributed by atoms with Crippen LogP contribution in [-0.2, 0) is 4.79 Å². The van der Waals surface area contributed by atoms with Gasteiger partial charge in [0.2, 0.25) is 5.91 Å². The molecule has 1 unspecified atom stereocenters. The van der Waals surface area contributed by atoms with Crippen molar-refractivity contribution in [1.82, 2.24) is 0 Å². The summed E-state index contributed by atoms with van der Waals surface area (Å²) < 4.78 is 0. The van der Waals surface area contributed by atoms with Gasteiger partial charge in [0.1, 0.15) is 0 Å². The van der Waals surface area contributed by atoms with Gasteiger partial charge in [-0.3, -0.25) is 4.79 Å². The van der Waals surface area contributed by atoms with Gasteiger partial charge in [-0.15, -0.1) is 0 Å². The number of nitrogens with one attached hydrogen (secondary N) is 2. The summed E-state index contributed by atoms with van der Waals surface area (Å²) in [6.07, 6.45) is 2.34. The first-order valence-electron chi connectivity index (χ1n) is 5.76. The fourth-order valence-corrected chi connectivity index (χ4v) is 1.64. The van der Waals surface area contributed by atoms with Crippen LogP contribution < -0.4 is 10.6 Å². The first-order chi connectivity index (χ1) is 7.61. The van der Waals surface area contributed by atoms with E-state index in [4.69, 9.17) is 0 Å². The molecule has 3 nitrogen and oxygen atoms in total. The van der Waals surface area contributed by atoms with E-state index < -0.39 is 0 Å². The minimum atomic E-state index is -0.0416. The number of carbonyl (C=O) groups excluding carboxylic acids is 1. The van der Waals surface area contributed by atoms with Crippen molar-refractivity contribution in [2.24, 2.45) is 0 Å². The van der Waals surface area contributed by atoms with E-state index in [9.17, 15) is 4.79 Å². The Hall–Kier alpha value is -1.51. The normalized spacial score (nSPS) is 11.9. The molecular weight excluding hydrogens is 200 g/mol. The number of amides is 1. The van der Waals surface area contributed by atoms with Crippen molar-refractivity contribution in [3.8, 4) is 0 Å². The molecule has 16 heavy (non-hydrogen) atoms. The summed E-state index contributed by atoms with van der Waals surface area (Å²) in [5.41, 5.74) is 1.93. The first-order valence-corrected chi connectivity index (χ1v) is 5.76. The molecular formula is C13H20N2O. The van der Waals surface area contributed by atoms with E-state index in [1.807, 2.05) is 24.3 Å². The lowest BCUT2D eigenvalue weighted by Crippen LogP contribution is -2.14. The number of benzene rings is 1. The lowest BCUT2D eigenvalue weighted by atomic mass is 10.2. The van der Waals surface area contributed by atoms with E-state index in [2.05, 4.69) is 24.5 Å². The fraction of sp³-hybridized carbons (Fsp3) is 0.462. The molecule has 0 aliphatic carbocycles. The standard InChI is InChI=1S/C13H20N2O/c1-4-5-10(2)14-12-6-8-13(9-7-12)15-11(3)16/h6-10,14H,4-5H2,1-3H3,(H,15,16). The molecule has 88 valence electrons. The van der Waals surface area contributed by atoms with Crippen LogP contribution in [0.1, 0.15) is 33.6 Å². The van der Waals surface area contributed by atoms with Crippen LogP contribution in [0.5, 0.6) is 0 Å². The van der Waals surface area contributed by atoms with Gasteiger partial charge in [-0.05, 0) is 37.6 Å². The van der Waals surface area contributed by atoms with Crippen LogP contribution in [0.3, 0.4) is 0 Å². The number of rotatable bonds is 5. The topological polar surface area (TPSA) is 41.1 Å². The van der Waals surface area contributed by atoms with Gasteiger partial charge >= 0.3 is 0 Å². The Morgan fingerprint density at radius 1 is 1.25 bits per heavy atom. The molecule has 0 saturated carbocycles. The van der Waals surface area contributed by atoms with Crippen LogP contribution in [0.2, 0.25) is 0 Å². The van der Waals surface area contributed by atoms with E-state index in [0.717, 1.165) is 17.8 Å². The molecule has 0 radical (unpaired) electrons. The summed E-state index contributed by atoms with van der Waals surface area (Å²) in [6.45, 7) is 5.86. The molecule has 0 aliphatic heterocycles. The Labute approximate surface area is 97.2 Å². The van der Waals surface area contributed by atoms with Gasteiger partial charge in [0.05, 0.1) is 0 Å². The predicted molar refractivity (Wildman–Crippen MR) is 68.7 cm³/mol. The molecule has 0 aromatic heterocycles. The van der Waals surface area contributed by atoms with Crippen molar-refractivity contribution in [3.05, 3.63) is 24.3 Å². The molecule has 0 heterocycles. The largest absolute Gasteiger partial charge is 0.383 e. The molecule has 0 saturated heterocycles. The first kappa shape index (κ1) is 12.6. The van der Waals surface area contributed by atoms with E-state index in [-0.39, 0.29) is 5.91 Å². The zero-order valence-corrected chi connectivity index (χ0v) is 10.2. The van der Waals surface area contributed by atoms with Crippen molar-refractivity contribution in [1.29, 1.82) is 0 Å². The minimum Gasteiger partial charge on any atom is -0.383 e. The Morgan fingerprint density at radius 3 is 2.31 bits per heavy atom. The smallest absolute Gasteiger partial charge is 0.221 e. The lowest BCUT2D eigenvalue weighted by molar-refractivity contribution is -0.114. The van der Waals surface area contributed by atoms with Gasteiger partial charge in [-0.1, -0.05) is 13.3 Å². The SMILES string of the molecule is CCCC(C)Nc1ccc(NC(C)=O)cc1. The van der Waals surface area contributed by atoms with Crippen LogP contribution in [0.25, 0.3) is 0 Å². The molecule has 0 aliphatic rings. The minimum absolute atomic E-state index is 0.0416. The Balaban J connectivity index is 2.54. The van der Waals surface area contributed by atoms with Gasteiger partial charge in [0.25, 0.3) is 0 Å². The van der Waals surface area contributed by atoms with E-state index in [1.165, 1.54) is 13.3 Å². The number of hydrogen-bond acceptors (Lipinski definition) is 2. The highest BCUT2D eigenvalue weighted by Crippen LogP contribution is 2.15. The van der Waals surface area contributed by atoms with Crippen LogP contribution in [0.4, 0.5) is 11.4 Å². The summed E-state index contributed by atoms with van der Waals surface area (Å²) in [5.74, 6) is -0.0416. The Bertz CT molecular complexity index is 332. The average molecular weight is 220 g/mol. The van der Waals surface area contributed by atoms with E-state index >= 15 is 0 Å². The van der Waals surface area contributed by atoms with Crippen LogP contribution in [0.15, 0.2) is 24.3 Å². The van der Waals surface area contributed by atoms with Gasteiger partial charge in [0.15, 0.2) is 0 Å². The number of hydrogen-bond donors (Lipinski definition) is 2. The second-order valence-electron chi connectivity index (χ2n) is 4.09. The zero-order valence-electron chi connectivity index (χ0n) is 10.2. The van der Waals surface area contributed by atoms with Crippen LogP contribution >= 0.6 is 0 Å². The van der Waals surface area contributed by atoms with Gasteiger partial charge in [0, 0.05) is 24.3 Å². The van der Waals surface area contributed by atoms with Gasteiger partial charge in [-0.2, -0.15) is 0 Å². The highest BCUT2D eigenvalue weighted by atomic mass is 16.1. The summed E-state index contributed by atoms with van der Waals surface area (Å²) in [7, 11) is 0. The molecule has 1 aromatic rings. The third-order valence-electron chi connectivity index (χ3n) is 2.34. The van der Waals surface area contributed by atoms with Crippen molar-refractivity contribution in [2.45, 2.75) is 39.7 Å². The molecule has 0 spiro atoms.